The van der Waals surface area contributed by atoms with E-state index in [2.05, 4.69) is 15.9 Å². The van der Waals surface area contributed by atoms with Crippen LogP contribution in [0.2, 0.25) is 0 Å². The predicted octanol–water partition coefficient (Wildman–Crippen LogP) is 4.22. The summed E-state index contributed by atoms with van der Waals surface area (Å²) in [6.45, 7) is 0. The first kappa shape index (κ1) is 13.7. The number of hydrogen-bond donors (Lipinski definition) is 0. The molecule has 0 aliphatic carbocycles. The number of rotatable bonds is 3. The zero-order chi connectivity index (χ0) is 14.0. The third kappa shape index (κ3) is 2.66. The highest BCUT2D eigenvalue weighted by atomic mass is 79.9. The second-order valence-electron chi connectivity index (χ2n) is 3.82. The molecule has 0 radical (unpaired) electrons. The van der Waals surface area contributed by atoms with Crippen molar-refractivity contribution in [3.05, 3.63) is 52.0 Å². The molecule has 0 spiro atoms. The molecule has 0 fully saturated rings. The highest BCUT2D eigenvalue weighted by molar-refractivity contribution is 9.10. The number of methoxy groups -OCH3 is 1. The molecule has 0 saturated carbocycles. The van der Waals surface area contributed by atoms with Gasteiger partial charge in [0.15, 0.2) is 17.9 Å². The van der Waals surface area contributed by atoms with Gasteiger partial charge in [0.1, 0.15) is 5.75 Å². The average molecular weight is 327 g/mol. The topological polar surface area (TPSA) is 26.3 Å². The number of benzene rings is 2. The number of carbonyl (C=O) groups excluding carboxylic acids is 1. The van der Waals surface area contributed by atoms with Gasteiger partial charge in [-0.05, 0) is 35.4 Å². The molecule has 2 rings (SSSR count). The van der Waals surface area contributed by atoms with Gasteiger partial charge in [-0.15, -0.1) is 0 Å². The van der Waals surface area contributed by atoms with E-state index < -0.39 is 11.6 Å². The fraction of sp³-hybridized carbons (Fsp3) is 0.0714. The Labute approximate surface area is 117 Å². The van der Waals surface area contributed by atoms with E-state index in [1.165, 1.54) is 13.2 Å². The van der Waals surface area contributed by atoms with Crippen LogP contribution in [0, 0.1) is 11.6 Å². The van der Waals surface area contributed by atoms with E-state index in [0.717, 1.165) is 12.1 Å². The molecule has 0 aliphatic heterocycles. The number of carbonyl (C=O) groups is 1. The summed E-state index contributed by atoms with van der Waals surface area (Å²) in [6.07, 6.45) is 0.665. The summed E-state index contributed by atoms with van der Waals surface area (Å²) in [5.74, 6) is -1.46. The van der Waals surface area contributed by atoms with Gasteiger partial charge in [0, 0.05) is 4.47 Å². The van der Waals surface area contributed by atoms with Crippen molar-refractivity contribution < 1.29 is 18.3 Å². The van der Waals surface area contributed by atoms with Crippen LogP contribution >= 0.6 is 15.9 Å². The van der Waals surface area contributed by atoms with Crippen LogP contribution < -0.4 is 4.74 Å². The Morgan fingerprint density at radius 1 is 1.16 bits per heavy atom. The van der Waals surface area contributed by atoms with E-state index in [1.54, 1.807) is 12.1 Å². The summed E-state index contributed by atoms with van der Waals surface area (Å²) < 4.78 is 31.9. The van der Waals surface area contributed by atoms with Gasteiger partial charge in [-0.2, -0.15) is 0 Å². The average Bonchev–Trinajstić information content (AvgIpc) is 2.41. The first-order valence-electron chi connectivity index (χ1n) is 5.35. The molecule has 0 heterocycles. The van der Waals surface area contributed by atoms with Gasteiger partial charge in [-0.3, -0.25) is 4.79 Å². The van der Waals surface area contributed by atoms with Crippen molar-refractivity contribution in [3.63, 3.8) is 0 Å². The molecule has 0 N–H and O–H groups in total. The van der Waals surface area contributed by atoms with Crippen molar-refractivity contribution in [2.45, 2.75) is 0 Å². The molecule has 2 nitrogen and oxygen atoms in total. The lowest BCUT2D eigenvalue weighted by molar-refractivity contribution is 0.112. The monoisotopic (exact) mass is 326 g/mol. The molecule has 0 amide bonds. The van der Waals surface area contributed by atoms with Gasteiger partial charge >= 0.3 is 0 Å². The van der Waals surface area contributed by atoms with Crippen LogP contribution in [0.1, 0.15) is 10.4 Å². The van der Waals surface area contributed by atoms with Gasteiger partial charge in [0.2, 0.25) is 0 Å². The van der Waals surface area contributed by atoms with Crippen LogP contribution in [-0.2, 0) is 0 Å². The highest BCUT2D eigenvalue weighted by Gasteiger charge is 2.12. The largest absolute Gasteiger partial charge is 0.496 e. The number of hydrogen-bond acceptors (Lipinski definition) is 2. The van der Waals surface area contributed by atoms with E-state index in [1.807, 2.05) is 0 Å². The van der Waals surface area contributed by atoms with Crippen LogP contribution in [0.15, 0.2) is 34.8 Å². The Bertz CT molecular complexity index is 642. The fourth-order valence-corrected chi connectivity index (χ4v) is 2.31. The lowest BCUT2D eigenvalue weighted by Gasteiger charge is -2.10. The van der Waals surface area contributed by atoms with E-state index in [0.29, 0.717) is 33.2 Å². The summed E-state index contributed by atoms with van der Waals surface area (Å²) in [5.41, 5.74) is 1.48. The van der Waals surface area contributed by atoms with Crippen LogP contribution in [0.5, 0.6) is 5.75 Å². The molecule has 0 aliphatic rings. The standard InChI is InChI=1S/C14H9BrF2O2/c1-19-14-6-10(11(15)4-9(14)7-18)8-2-3-12(16)13(17)5-8/h2-7H,1H3. The zero-order valence-electron chi connectivity index (χ0n) is 9.91. The Hall–Kier alpha value is -1.75. The van der Waals surface area contributed by atoms with Crippen molar-refractivity contribution in [3.8, 4) is 16.9 Å². The van der Waals surface area contributed by atoms with Gasteiger partial charge in [0.25, 0.3) is 0 Å². The van der Waals surface area contributed by atoms with Crippen LogP contribution in [-0.4, -0.2) is 13.4 Å². The minimum absolute atomic E-state index is 0.373. The van der Waals surface area contributed by atoms with Gasteiger partial charge < -0.3 is 4.74 Å². The maximum absolute atomic E-state index is 13.2. The summed E-state index contributed by atoms with van der Waals surface area (Å²) in [5, 5.41) is 0. The van der Waals surface area contributed by atoms with E-state index in [4.69, 9.17) is 4.74 Å². The molecule has 0 saturated heterocycles. The van der Waals surface area contributed by atoms with Gasteiger partial charge in [-0.25, -0.2) is 8.78 Å². The Kier molecular flexibility index (Phi) is 3.95. The number of ether oxygens (including phenoxy) is 1. The maximum atomic E-state index is 13.2. The lowest BCUT2D eigenvalue weighted by atomic mass is 10.0. The fourth-order valence-electron chi connectivity index (χ4n) is 1.72. The van der Waals surface area contributed by atoms with Crippen LogP contribution in [0.4, 0.5) is 8.78 Å². The van der Waals surface area contributed by atoms with Gasteiger partial charge in [0.05, 0.1) is 12.7 Å². The summed E-state index contributed by atoms with van der Waals surface area (Å²) in [6, 6.07) is 6.77. The second kappa shape index (κ2) is 5.48. The number of aldehydes is 1. The predicted molar refractivity (Wildman–Crippen MR) is 71.4 cm³/mol. The molecule has 0 aromatic heterocycles. The van der Waals surface area contributed by atoms with Crippen LogP contribution in [0.25, 0.3) is 11.1 Å². The van der Waals surface area contributed by atoms with Crippen molar-refractivity contribution in [2.75, 3.05) is 7.11 Å². The molecular formula is C14H9BrF2O2. The minimum Gasteiger partial charge on any atom is -0.496 e. The Balaban J connectivity index is 2.61. The Morgan fingerprint density at radius 3 is 2.47 bits per heavy atom. The smallest absolute Gasteiger partial charge is 0.159 e. The Morgan fingerprint density at radius 2 is 1.89 bits per heavy atom. The highest BCUT2D eigenvalue weighted by Crippen LogP contribution is 2.34. The third-order valence-electron chi connectivity index (χ3n) is 2.68. The second-order valence-corrected chi connectivity index (χ2v) is 4.68. The van der Waals surface area contributed by atoms with E-state index in [-0.39, 0.29) is 0 Å². The molecule has 0 atom stereocenters. The summed E-state index contributed by atoms with van der Waals surface area (Å²) in [4.78, 5) is 10.9. The first-order valence-corrected chi connectivity index (χ1v) is 6.14. The molecule has 2 aromatic carbocycles. The maximum Gasteiger partial charge on any atom is 0.159 e. The molecular weight excluding hydrogens is 318 g/mol. The van der Waals surface area contributed by atoms with E-state index in [9.17, 15) is 13.6 Å². The molecule has 19 heavy (non-hydrogen) atoms. The van der Waals surface area contributed by atoms with Crippen molar-refractivity contribution in [1.82, 2.24) is 0 Å². The molecule has 2 aromatic rings. The van der Waals surface area contributed by atoms with E-state index >= 15 is 0 Å². The van der Waals surface area contributed by atoms with Crippen molar-refractivity contribution in [2.24, 2.45) is 0 Å². The normalized spacial score (nSPS) is 10.3. The first-order chi connectivity index (χ1) is 9.06. The molecule has 0 bridgehead atoms. The summed E-state index contributed by atoms with van der Waals surface area (Å²) in [7, 11) is 1.44. The molecule has 5 heteroatoms. The lowest BCUT2D eigenvalue weighted by Crippen LogP contribution is -1.93. The van der Waals surface area contributed by atoms with Crippen LogP contribution in [0.3, 0.4) is 0 Å². The SMILES string of the molecule is COc1cc(-c2ccc(F)c(F)c2)c(Br)cc1C=O. The van der Waals surface area contributed by atoms with Gasteiger partial charge in [-0.1, -0.05) is 22.0 Å². The molecule has 0 unspecified atom stereocenters. The minimum atomic E-state index is -0.928. The quantitative estimate of drug-likeness (QED) is 0.789. The number of halogens is 3. The van der Waals surface area contributed by atoms with Crippen molar-refractivity contribution >= 4 is 22.2 Å². The third-order valence-corrected chi connectivity index (χ3v) is 3.33. The van der Waals surface area contributed by atoms with Crippen molar-refractivity contribution in [1.29, 1.82) is 0 Å². The zero-order valence-corrected chi connectivity index (χ0v) is 11.5. The molecule has 98 valence electrons. The summed E-state index contributed by atoms with van der Waals surface area (Å²) >= 11 is 3.30.